The van der Waals surface area contributed by atoms with Gasteiger partial charge in [-0.1, -0.05) is 15.9 Å². The zero-order valence-electron chi connectivity index (χ0n) is 8.59. The fourth-order valence-corrected chi connectivity index (χ4v) is 1.73. The van der Waals surface area contributed by atoms with Crippen molar-refractivity contribution in [3.8, 4) is 5.75 Å². The van der Waals surface area contributed by atoms with Crippen LogP contribution in [0.4, 0.5) is 0 Å². The maximum Gasteiger partial charge on any atom is 0.122 e. The van der Waals surface area contributed by atoms with E-state index in [1.807, 2.05) is 19.1 Å². The number of methoxy groups -OCH3 is 1. The summed E-state index contributed by atoms with van der Waals surface area (Å²) in [5, 5.41) is 0. The molecular formula is C11H16BrNO. The molecule has 0 aromatic heterocycles. The van der Waals surface area contributed by atoms with E-state index >= 15 is 0 Å². The molecule has 1 aromatic carbocycles. The van der Waals surface area contributed by atoms with Gasteiger partial charge in [0.05, 0.1) is 7.11 Å². The standard InChI is InChI=1S/C11H16BrNO/c1-8(13)3-4-9-7-10(12)5-6-11(9)14-2/h5-8H,3-4,13H2,1-2H3/t8-/m1/s1. The van der Waals surface area contributed by atoms with Crippen molar-refractivity contribution in [1.82, 2.24) is 0 Å². The van der Waals surface area contributed by atoms with Crippen molar-refractivity contribution in [3.63, 3.8) is 0 Å². The smallest absolute Gasteiger partial charge is 0.122 e. The summed E-state index contributed by atoms with van der Waals surface area (Å²) in [7, 11) is 1.69. The molecule has 14 heavy (non-hydrogen) atoms. The molecule has 0 aliphatic carbocycles. The topological polar surface area (TPSA) is 35.2 Å². The maximum atomic E-state index is 5.72. The first-order chi connectivity index (χ1) is 6.63. The van der Waals surface area contributed by atoms with Gasteiger partial charge in [-0.3, -0.25) is 0 Å². The van der Waals surface area contributed by atoms with E-state index < -0.39 is 0 Å². The summed E-state index contributed by atoms with van der Waals surface area (Å²) in [4.78, 5) is 0. The van der Waals surface area contributed by atoms with E-state index in [9.17, 15) is 0 Å². The number of halogens is 1. The van der Waals surface area contributed by atoms with Crippen LogP contribution in [-0.4, -0.2) is 13.2 Å². The molecule has 2 nitrogen and oxygen atoms in total. The summed E-state index contributed by atoms with van der Waals surface area (Å²) < 4.78 is 6.35. The molecule has 0 spiro atoms. The van der Waals surface area contributed by atoms with E-state index in [1.54, 1.807) is 7.11 Å². The lowest BCUT2D eigenvalue weighted by molar-refractivity contribution is 0.408. The lowest BCUT2D eigenvalue weighted by Crippen LogP contribution is -2.15. The van der Waals surface area contributed by atoms with Crippen LogP contribution in [0.15, 0.2) is 22.7 Å². The predicted octanol–water partition coefficient (Wildman–Crippen LogP) is 2.74. The minimum absolute atomic E-state index is 0.235. The molecule has 0 saturated carbocycles. The molecule has 0 radical (unpaired) electrons. The summed E-state index contributed by atoms with van der Waals surface area (Å²) in [5.41, 5.74) is 6.92. The molecule has 0 aliphatic heterocycles. The number of ether oxygens (including phenoxy) is 1. The van der Waals surface area contributed by atoms with Gasteiger partial charge in [-0.25, -0.2) is 0 Å². The third kappa shape index (κ3) is 3.31. The van der Waals surface area contributed by atoms with Gasteiger partial charge >= 0.3 is 0 Å². The van der Waals surface area contributed by atoms with E-state index in [1.165, 1.54) is 5.56 Å². The second-order valence-electron chi connectivity index (χ2n) is 3.47. The monoisotopic (exact) mass is 257 g/mol. The maximum absolute atomic E-state index is 5.72. The van der Waals surface area contributed by atoms with Crippen LogP contribution in [-0.2, 0) is 6.42 Å². The fourth-order valence-electron chi connectivity index (χ4n) is 1.33. The van der Waals surface area contributed by atoms with Gasteiger partial charge in [0.25, 0.3) is 0 Å². The average Bonchev–Trinajstić information content (AvgIpc) is 2.15. The van der Waals surface area contributed by atoms with Crippen LogP contribution in [0, 0.1) is 0 Å². The zero-order chi connectivity index (χ0) is 10.6. The number of rotatable bonds is 4. The summed E-state index contributed by atoms with van der Waals surface area (Å²) in [6, 6.07) is 6.27. The molecule has 1 rings (SSSR count). The van der Waals surface area contributed by atoms with Crippen molar-refractivity contribution in [2.24, 2.45) is 5.73 Å². The Morgan fingerprint density at radius 3 is 2.79 bits per heavy atom. The lowest BCUT2D eigenvalue weighted by Gasteiger charge is -2.10. The minimum Gasteiger partial charge on any atom is -0.496 e. The van der Waals surface area contributed by atoms with Gasteiger partial charge in [-0.05, 0) is 43.5 Å². The van der Waals surface area contributed by atoms with Gasteiger partial charge < -0.3 is 10.5 Å². The van der Waals surface area contributed by atoms with Gasteiger partial charge in [-0.2, -0.15) is 0 Å². The van der Waals surface area contributed by atoms with Crippen LogP contribution >= 0.6 is 15.9 Å². The SMILES string of the molecule is COc1ccc(Br)cc1CC[C@@H](C)N. The molecular weight excluding hydrogens is 242 g/mol. The Balaban J connectivity index is 2.77. The van der Waals surface area contributed by atoms with Gasteiger partial charge in [-0.15, -0.1) is 0 Å². The summed E-state index contributed by atoms with van der Waals surface area (Å²) in [6.07, 6.45) is 1.94. The Morgan fingerprint density at radius 1 is 1.50 bits per heavy atom. The van der Waals surface area contributed by atoms with Gasteiger partial charge in [0.1, 0.15) is 5.75 Å². The Kier molecular flexibility index (Phi) is 4.42. The highest BCUT2D eigenvalue weighted by molar-refractivity contribution is 9.10. The summed E-state index contributed by atoms with van der Waals surface area (Å²) in [6.45, 7) is 2.02. The van der Waals surface area contributed by atoms with Crippen LogP contribution < -0.4 is 10.5 Å². The number of benzene rings is 1. The van der Waals surface area contributed by atoms with Crippen LogP contribution in [0.5, 0.6) is 5.75 Å². The van der Waals surface area contributed by atoms with Crippen molar-refractivity contribution in [2.45, 2.75) is 25.8 Å². The molecule has 0 aliphatic rings. The highest BCUT2D eigenvalue weighted by atomic mass is 79.9. The normalized spacial score (nSPS) is 12.6. The van der Waals surface area contributed by atoms with Crippen LogP contribution in [0.25, 0.3) is 0 Å². The lowest BCUT2D eigenvalue weighted by atomic mass is 10.1. The van der Waals surface area contributed by atoms with Crippen molar-refractivity contribution in [1.29, 1.82) is 0 Å². The highest BCUT2D eigenvalue weighted by Crippen LogP contribution is 2.24. The van der Waals surface area contributed by atoms with Crippen molar-refractivity contribution in [2.75, 3.05) is 7.11 Å². The predicted molar refractivity (Wildman–Crippen MR) is 62.7 cm³/mol. The van der Waals surface area contributed by atoms with E-state index in [0.717, 1.165) is 23.1 Å². The van der Waals surface area contributed by atoms with E-state index in [0.29, 0.717) is 0 Å². The molecule has 0 saturated heterocycles. The van der Waals surface area contributed by atoms with Gasteiger partial charge in [0.2, 0.25) is 0 Å². The Bertz CT molecular complexity index is 299. The van der Waals surface area contributed by atoms with Crippen molar-refractivity contribution < 1.29 is 4.74 Å². The first kappa shape index (κ1) is 11.5. The number of aryl methyl sites for hydroxylation is 1. The van der Waals surface area contributed by atoms with Gasteiger partial charge in [0, 0.05) is 10.5 Å². The van der Waals surface area contributed by atoms with Crippen LogP contribution in [0.3, 0.4) is 0 Å². The summed E-state index contributed by atoms with van der Waals surface area (Å²) in [5.74, 6) is 0.939. The number of hydrogen-bond donors (Lipinski definition) is 1. The Hall–Kier alpha value is -0.540. The Labute approximate surface area is 93.6 Å². The van der Waals surface area contributed by atoms with Gasteiger partial charge in [0.15, 0.2) is 0 Å². The molecule has 3 heteroatoms. The van der Waals surface area contributed by atoms with Crippen molar-refractivity contribution in [3.05, 3.63) is 28.2 Å². The average molecular weight is 258 g/mol. The molecule has 1 aromatic rings. The number of hydrogen-bond acceptors (Lipinski definition) is 2. The number of nitrogens with two attached hydrogens (primary N) is 1. The molecule has 0 fully saturated rings. The van der Waals surface area contributed by atoms with Crippen LogP contribution in [0.1, 0.15) is 18.9 Å². The molecule has 0 heterocycles. The van der Waals surface area contributed by atoms with E-state index in [4.69, 9.17) is 10.5 Å². The Morgan fingerprint density at radius 2 is 2.21 bits per heavy atom. The molecule has 0 bridgehead atoms. The van der Waals surface area contributed by atoms with Crippen LogP contribution in [0.2, 0.25) is 0 Å². The molecule has 0 unspecified atom stereocenters. The fraction of sp³-hybridized carbons (Fsp3) is 0.455. The minimum atomic E-state index is 0.235. The van der Waals surface area contributed by atoms with Crippen molar-refractivity contribution >= 4 is 15.9 Å². The molecule has 2 N–H and O–H groups in total. The summed E-state index contributed by atoms with van der Waals surface area (Å²) >= 11 is 3.45. The second kappa shape index (κ2) is 5.37. The molecule has 0 amide bonds. The quantitative estimate of drug-likeness (QED) is 0.901. The third-order valence-corrected chi connectivity index (χ3v) is 2.60. The molecule has 78 valence electrons. The zero-order valence-corrected chi connectivity index (χ0v) is 10.2. The second-order valence-corrected chi connectivity index (χ2v) is 4.39. The highest BCUT2D eigenvalue weighted by Gasteiger charge is 2.04. The first-order valence-electron chi connectivity index (χ1n) is 4.71. The third-order valence-electron chi connectivity index (χ3n) is 2.11. The van der Waals surface area contributed by atoms with E-state index in [-0.39, 0.29) is 6.04 Å². The van der Waals surface area contributed by atoms with E-state index in [2.05, 4.69) is 22.0 Å². The first-order valence-corrected chi connectivity index (χ1v) is 5.50. The largest absolute Gasteiger partial charge is 0.496 e. The molecule has 1 atom stereocenters.